The van der Waals surface area contributed by atoms with E-state index in [1.165, 1.54) is 33.3 Å². The molecule has 7 nitrogen and oxygen atoms in total. The van der Waals surface area contributed by atoms with Gasteiger partial charge in [-0.15, -0.1) is 18.5 Å². The first-order chi connectivity index (χ1) is 17.3. The van der Waals surface area contributed by atoms with Crippen LogP contribution >= 0.6 is 18.5 Å². The van der Waals surface area contributed by atoms with Crippen LogP contribution in [0.5, 0.6) is 5.75 Å². The Hall–Kier alpha value is -2.88. The van der Waals surface area contributed by atoms with Gasteiger partial charge in [0.15, 0.2) is 5.69 Å². The Balaban J connectivity index is 0.000000243. The number of fused-ring (bicyclic) bond motifs is 1. The van der Waals surface area contributed by atoms with Crippen LogP contribution in [0.4, 0.5) is 0 Å². The molecule has 1 aromatic heterocycles. The van der Waals surface area contributed by atoms with E-state index in [4.69, 9.17) is 4.74 Å². The summed E-state index contributed by atoms with van der Waals surface area (Å²) < 4.78 is 6.29. The fourth-order valence-electron chi connectivity index (χ4n) is 3.68. The molecule has 3 aromatic rings. The molecule has 192 valence electrons. The van der Waals surface area contributed by atoms with E-state index >= 15 is 0 Å². The number of carbonyl (C=O) groups is 2. The minimum atomic E-state index is -0.633. The number of nitrogens with zero attached hydrogens (tertiary/aromatic N) is 3. The summed E-state index contributed by atoms with van der Waals surface area (Å²) in [6.45, 7) is 8.77. The fraction of sp³-hybridized carbons (Fsp3) is 0.333. The summed E-state index contributed by atoms with van der Waals surface area (Å²) in [5.41, 5.74) is 2.21. The third-order valence-electron chi connectivity index (χ3n) is 5.13. The number of hydrogen-bond donors (Lipinski definition) is 0. The van der Waals surface area contributed by atoms with Crippen molar-refractivity contribution < 1.29 is 14.3 Å². The Morgan fingerprint density at radius 1 is 1.00 bits per heavy atom. The average Bonchev–Trinajstić information content (AvgIpc) is 2.84. The molecule has 2 unspecified atom stereocenters. The lowest BCUT2D eigenvalue weighted by Gasteiger charge is -2.29. The molecule has 0 N–H and O–H groups in total. The molecule has 36 heavy (non-hydrogen) atoms. The van der Waals surface area contributed by atoms with E-state index in [2.05, 4.69) is 72.1 Å². The predicted octanol–water partition coefficient (Wildman–Crippen LogP) is 3.34. The number of benzene rings is 2. The van der Waals surface area contributed by atoms with Crippen LogP contribution in [0.15, 0.2) is 59.5 Å². The number of esters is 1. The first-order valence-electron chi connectivity index (χ1n) is 12.0. The zero-order valence-corrected chi connectivity index (χ0v) is 23.7. The Bertz CT molecular complexity index is 1200. The fourth-order valence-corrected chi connectivity index (χ4v) is 4.33. The number of ether oxygens (including phenoxy) is 1. The summed E-state index contributed by atoms with van der Waals surface area (Å²) in [6.07, 6.45) is 2.88. The van der Waals surface area contributed by atoms with Gasteiger partial charge in [-0.2, -0.15) is 5.10 Å². The number of amides is 1. The summed E-state index contributed by atoms with van der Waals surface area (Å²) >= 11 is 0. The van der Waals surface area contributed by atoms with E-state index < -0.39 is 11.4 Å². The summed E-state index contributed by atoms with van der Waals surface area (Å²) in [5.74, 6) is -1.19. The molecular formula is C27H35N3O4P2. The molecule has 2 atom stereocenters. The lowest BCUT2D eigenvalue weighted by atomic mass is 10.1. The van der Waals surface area contributed by atoms with Gasteiger partial charge in [0.05, 0.1) is 12.7 Å². The van der Waals surface area contributed by atoms with E-state index in [-0.39, 0.29) is 17.4 Å². The smallest absolute Gasteiger partial charge is 0.308 e. The first kappa shape index (κ1) is 29.4. The maximum atomic E-state index is 12.3. The third kappa shape index (κ3) is 8.36. The zero-order chi connectivity index (χ0) is 26.7. The molecule has 0 saturated heterocycles. The van der Waals surface area contributed by atoms with Crippen molar-refractivity contribution in [1.82, 2.24) is 14.7 Å². The molecule has 2 aromatic carbocycles. The van der Waals surface area contributed by atoms with Gasteiger partial charge in [-0.1, -0.05) is 69.3 Å². The molecule has 0 saturated carbocycles. The van der Waals surface area contributed by atoms with Crippen molar-refractivity contribution >= 4 is 41.0 Å². The van der Waals surface area contributed by atoms with Crippen LogP contribution in [0.1, 0.15) is 55.7 Å². The summed E-state index contributed by atoms with van der Waals surface area (Å²) in [6, 6.07) is 17.2. The van der Waals surface area contributed by atoms with Crippen molar-refractivity contribution in [2.24, 2.45) is 0 Å². The van der Waals surface area contributed by atoms with Gasteiger partial charge in [0.25, 0.3) is 5.91 Å². The molecule has 4 rings (SSSR count). The van der Waals surface area contributed by atoms with E-state index in [9.17, 15) is 14.4 Å². The van der Waals surface area contributed by atoms with E-state index in [0.717, 1.165) is 19.0 Å². The van der Waals surface area contributed by atoms with Gasteiger partial charge in [-0.25, -0.2) is 0 Å². The van der Waals surface area contributed by atoms with Crippen LogP contribution in [0.2, 0.25) is 0 Å². The molecule has 0 aliphatic carbocycles. The molecule has 9 heteroatoms. The molecule has 1 amide bonds. The summed E-state index contributed by atoms with van der Waals surface area (Å²) in [7, 11) is 5.47. The van der Waals surface area contributed by atoms with Crippen molar-refractivity contribution in [1.29, 1.82) is 0 Å². The summed E-state index contributed by atoms with van der Waals surface area (Å²) in [5, 5.41) is 6.39. The lowest BCUT2D eigenvalue weighted by molar-refractivity contribution is -0.132. The monoisotopic (exact) mass is 527 g/mol. The molecular weight excluding hydrogens is 492 g/mol. The second-order valence-electron chi connectivity index (χ2n) is 7.96. The quantitative estimate of drug-likeness (QED) is 0.376. The maximum absolute atomic E-state index is 12.3. The molecule has 0 bridgehead atoms. The second kappa shape index (κ2) is 14.6. The van der Waals surface area contributed by atoms with Gasteiger partial charge in [-0.3, -0.25) is 19.1 Å². The highest BCUT2D eigenvalue weighted by Gasteiger charge is 2.30. The Kier molecular flexibility index (Phi) is 11.9. The van der Waals surface area contributed by atoms with Gasteiger partial charge >= 0.3 is 5.97 Å². The topological polar surface area (TPSA) is 81.5 Å². The molecule has 0 spiro atoms. The largest absolute Gasteiger partial charge is 0.420 e. The minimum absolute atomic E-state index is 0.0578. The van der Waals surface area contributed by atoms with Crippen LogP contribution < -0.4 is 20.8 Å². The number of rotatable bonds is 5. The van der Waals surface area contributed by atoms with Crippen molar-refractivity contribution in [3.63, 3.8) is 0 Å². The molecule has 0 radical (unpaired) electrons. The molecule has 0 fully saturated rings. The van der Waals surface area contributed by atoms with Gasteiger partial charge in [0, 0.05) is 20.0 Å². The second-order valence-corrected chi connectivity index (χ2v) is 9.30. The highest BCUT2D eigenvalue weighted by Crippen LogP contribution is 2.19. The van der Waals surface area contributed by atoms with Crippen LogP contribution in [0, 0.1) is 0 Å². The first-order valence-corrected chi connectivity index (χ1v) is 13.2. The zero-order valence-electron chi connectivity index (χ0n) is 21.4. The highest BCUT2D eigenvalue weighted by atomic mass is 31.0. The summed E-state index contributed by atoms with van der Waals surface area (Å²) in [4.78, 5) is 36.7. The molecule has 1 aliphatic heterocycles. The van der Waals surface area contributed by atoms with Gasteiger partial charge in [0.1, 0.15) is 0 Å². The molecule has 2 heterocycles. The van der Waals surface area contributed by atoms with Crippen molar-refractivity contribution in [3.05, 3.63) is 81.8 Å². The van der Waals surface area contributed by atoms with E-state index in [1.54, 1.807) is 4.90 Å². The minimum Gasteiger partial charge on any atom is -0.420 e. The van der Waals surface area contributed by atoms with Crippen LogP contribution in [0.3, 0.4) is 0 Å². The van der Waals surface area contributed by atoms with Crippen molar-refractivity contribution in [3.8, 4) is 5.75 Å². The maximum Gasteiger partial charge on any atom is 0.308 e. The van der Waals surface area contributed by atoms with Crippen LogP contribution in [-0.2, 0) is 17.8 Å². The van der Waals surface area contributed by atoms with Gasteiger partial charge in [0.2, 0.25) is 11.2 Å². The van der Waals surface area contributed by atoms with Crippen LogP contribution in [-0.4, -0.2) is 39.6 Å². The van der Waals surface area contributed by atoms with Crippen LogP contribution in [0.25, 0.3) is 0 Å². The normalized spacial score (nSPS) is 11.9. The number of carbonyl (C=O) groups excluding carboxylic acids is 2. The van der Waals surface area contributed by atoms with Gasteiger partial charge in [-0.05, 0) is 34.6 Å². The highest BCUT2D eigenvalue weighted by molar-refractivity contribution is 7.27. The standard InChI is InChI=1S/C13H14P2.C12H15N3O4.C2H6/c14-12-5-1-3-10(8-12)7-11-4-2-6-13(15)9-11;1-3-4-14-5-6-15-10(12(14)18)11(19-8(2)16)9(17)7-13-15;1-2/h1-6,8-9H,7,14-15H2;7H,3-6H2,1-2H3;1-2H3. The molecule has 1 aliphatic rings. The van der Waals surface area contributed by atoms with E-state index in [0.29, 0.717) is 19.6 Å². The Morgan fingerprint density at radius 3 is 2.08 bits per heavy atom. The Labute approximate surface area is 217 Å². The lowest BCUT2D eigenvalue weighted by Crippen LogP contribution is -2.43. The van der Waals surface area contributed by atoms with Crippen molar-refractivity contribution in [2.45, 2.75) is 47.1 Å². The number of hydrogen-bond acceptors (Lipinski definition) is 5. The SMILES string of the molecule is CC.CCCN1CCn2ncc(=O)c(OC(C)=O)c2C1=O.Pc1cccc(Cc2cccc(P)c2)c1. The average molecular weight is 528 g/mol. The predicted molar refractivity (Wildman–Crippen MR) is 152 cm³/mol. The van der Waals surface area contributed by atoms with Crippen molar-refractivity contribution in [2.75, 3.05) is 13.1 Å². The van der Waals surface area contributed by atoms with E-state index in [1.807, 2.05) is 20.8 Å². The number of aromatic nitrogens is 2. The van der Waals surface area contributed by atoms with Gasteiger partial charge < -0.3 is 9.64 Å². The third-order valence-corrected chi connectivity index (χ3v) is 5.85. The Morgan fingerprint density at radius 2 is 1.58 bits per heavy atom.